The van der Waals surface area contributed by atoms with Crippen LogP contribution in [0.25, 0.3) is 0 Å². The molecule has 0 radical (unpaired) electrons. The van der Waals surface area contributed by atoms with E-state index in [4.69, 9.17) is 9.47 Å². The Hall–Kier alpha value is -2.57. The molecule has 1 aliphatic heterocycles. The van der Waals surface area contributed by atoms with Crippen molar-refractivity contribution in [1.29, 1.82) is 0 Å². The van der Waals surface area contributed by atoms with Crippen molar-refractivity contribution >= 4 is 5.91 Å². The number of carbonyl (C=O) groups is 1. The summed E-state index contributed by atoms with van der Waals surface area (Å²) < 4.78 is 12.6. The Morgan fingerprint density at radius 2 is 2.04 bits per heavy atom. The molecule has 1 amide bonds. The van der Waals surface area contributed by atoms with Gasteiger partial charge in [-0.25, -0.2) is 4.98 Å². The standard InChI is InChI=1S/C18H24N4O3/c1-12-10-19-13(2)22(12)14-6-5-9-21(11-14)18(23)15-7-8-16(24-3)20-17(15)25-4/h7-8,10,14H,5-6,9,11H2,1-4H3. The Morgan fingerprint density at radius 1 is 1.24 bits per heavy atom. The first kappa shape index (κ1) is 17.3. The van der Waals surface area contributed by atoms with Crippen LogP contribution in [-0.2, 0) is 0 Å². The maximum absolute atomic E-state index is 13.0. The number of imidazole rings is 1. The lowest BCUT2D eigenvalue weighted by atomic mass is 10.0. The van der Waals surface area contributed by atoms with Crippen molar-refractivity contribution in [2.75, 3.05) is 27.3 Å². The van der Waals surface area contributed by atoms with Gasteiger partial charge in [-0.2, -0.15) is 4.98 Å². The molecule has 25 heavy (non-hydrogen) atoms. The van der Waals surface area contributed by atoms with E-state index in [0.717, 1.165) is 30.9 Å². The molecule has 3 heterocycles. The van der Waals surface area contributed by atoms with Crippen molar-refractivity contribution in [3.8, 4) is 11.8 Å². The van der Waals surface area contributed by atoms with E-state index >= 15 is 0 Å². The van der Waals surface area contributed by atoms with E-state index in [9.17, 15) is 4.79 Å². The molecular formula is C18H24N4O3. The maximum Gasteiger partial charge on any atom is 0.259 e. The third kappa shape index (κ3) is 3.31. The van der Waals surface area contributed by atoms with Gasteiger partial charge in [0.25, 0.3) is 5.91 Å². The van der Waals surface area contributed by atoms with Crippen LogP contribution in [0.4, 0.5) is 0 Å². The zero-order chi connectivity index (χ0) is 18.0. The number of aromatic nitrogens is 3. The Morgan fingerprint density at radius 3 is 2.68 bits per heavy atom. The van der Waals surface area contributed by atoms with Gasteiger partial charge in [-0.1, -0.05) is 0 Å². The Labute approximate surface area is 147 Å². The first-order valence-corrected chi connectivity index (χ1v) is 8.44. The van der Waals surface area contributed by atoms with E-state index in [-0.39, 0.29) is 11.9 Å². The highest BCUT2D eigenvalue weighted by Gasteiger charge is 2.28. The molecule has 2 aromatic heterocycles. The first-order valence-electron chi connectivity index (χ1n) is 8.44. The molecule has 2 aromatic rings. The fraction of sp³-hybridized carbons (Fsp3) is 0.500. The summed E-state index contributed by atoms with van der Waals surface area (Å²) in [5.74, 6) is 1.64. The van der Waals surface area contributed by atoms with Crippen LogP contribution in [0.2, 0.25) is 0 Å². The van der Waals surface area contributed by atoms with Crippen LogP contribution in [0.1, 0.15) is 40.8 Å². The molecule has 0 saturated carbocycles. The number of hydrogen-bond donors (Lipinski definition) is 0. The Bertz CT molecular complexity index is 752. The second kappa shape index (κ2) is 7.13. The van der Waals surface area contributed by atoms with Gasteiger partial charge in [0.15, 0.2) is 0 Å². The number of carbonyl (C=O) groups excluding carboxylic acids is 1. The molecule has 1 aliphatic rings. The lowest BCUT2D eigenvalue weighted by Gasteiger charge is -2.34. The van der Waals surface area contributed by atoms with Gasteiger partial charge in [-0.05, 0) is 32.8 Å². The molecule has 134 valence electrons. The van der Waals surface area contributed by atoms with Gasteiger partial charge in [-0.3, -0.25) is 4.79 Å². The molecule has 7 heteroatoms. The van der Waals surface area contributed by atoms with Crippen molar-refractivity contribution in [3.63, 3.8) is 0 Å². The molecular weight excluding hydrogens is 320 g/mol. The van der Waals surface area contributed by atoms with Crippen LogP contribution >= 0.6 is 0 Å². The van der Waals surface area contributed by atoms with Gasteiger partial charge in [-0.15, -0.1) is 0 Å². The SMILES string of the molecule is COc1ccc(C(=O)N2CCCC(n3c(C)cnc3C)C2)c(OC)n1. The third-order valence-corrected chi connectivity index (χ3v) is 4.68. The number of amides is 1. The third-order valence-electron chi connectivity index (χ3n) is 4.68. The molecule has 0 spiro atoms. The highest BCUT2D eigenvalue weighted by Crippen LogP contribution is 2.28. The zero-order valence-electron chi connectivity index (χ0n) is 15.2. The van der Waals surface area contributed by atoms with Crippen molar-refractivity contribution in [3.05, 3.63) is 35.4 Å². The molecule has 1 atom stereocenters. The minimum Gasteiger partial charge on any atom is -0.481 e. The summed E-state index contributed by atoms with van der Waals surface area (Å²) in [7, 11) is 3.05. The molecule has 1 fully saturated rings. The van der Waals surface area contributed by atoms with E-state index in [1.165, 1.54) is 14.2 Å². The number of methoxy groups -OCH3 is 2. The number of nitrogens with zero attached hydrogens (tertiary/aromatic N) is 4. The topological polar surface area (TPSA) is 69.5 Å². The second-order valence-corrected chi connectivity index (χ2v) is 6.27. The summed E-state index contributed by atoms with van der Waals surface area (Å²) in [4.78, 5) is 23.5. The quantitative estimate of drug-likeness (QED) is 0.852. The minimum absolute atomic E-state index is 0.0628. The zero-order valence-corrected chi connectivity index (χ0v) is 15.2. The minimum atomic E-state index is -0.0628. The number of likely N-dealkylation sites (tertiary alicyclic amines) is 1. The first-order chi connectivity index (χ1) is 12.0. The van der Waals surface area contributed by atoms with E-state index in [0.29, 0.717) is 23.9 Å². The number of hydrogen-bond acceptors (Lipinski definition) is 5. The summed E-state index contributed by atoms with van der Waals surface area (Å²) >= 11 is 0. The van der Waals surface area contributed by atoms with Crippen molar-refractivity contribution in [2.45, 2.75) is 32.7 Å². The normalized spacial score (nSPS) is 17.4. The number of ether oxygens (including phenoxy) is 2. The lowest BCUT2D eigenvalue weighted by molar-refractivity contribution is 0.0673. The highest BCUT2D eigenvalue weighted by atomic mass is 16.5. The van der Waals surface area contributed by atoms with Crippen LogP contribution in [0.3, 0.4) is 0 Å². The Balaban J connectivity index is 1.83. The molecule has 1 saturated heterocycles. The molecule has 1 unspecified atom stereocenters. The summed E-state index contributed by atoms with van der Waals surface area (Å²) in [6.07, 6.45) is 3.88. The summed E-state index contributed by atoms with van der Waals surface area (Å²) in [5.41, 5.74) is 1.59. The lowest BCUT2D eigenvalue weighted by Crippen LogP contribution is -2.41. The van der Waals surface area contributed by atoms with Crippen LogP contribution in [-0.4, -0.2) is 52.7 Å². The smallest absolute Gasteiger partial charge is 0.259 e. The van der Waals surface area contributed by atoms with E-state index in [2.05, 4.69) is 21.5 Å². The maximum atomic E-state index is 13.0. The van der Waals surface area contributed by atoms with Crippen LogP contribution in [0.5, 0.6) is 11.8 Å². The van der Waals surface area contributed by atoms with E-state index < -0.39 is 0 Å². The molecule has 0 aliphatic carbocycles. The Kier molecular flexibility index (Phi) is 4.92. The fourth-order valence-corrected chi connectivity index (χ4v) is 3.49. The molecule has 3 rings (SSSR count). The van der Waals surface area contributed by atoms with E-state index in [1.54, 1.807) is 12.1 Å². The summed E-state index contributed by atoms with van der Waals surface area (Å²) in [5, 5.41) is 0. The number of piperidine rings is 1. The molecule has 0 aromatic carbocycles. The van der Waals surface area contributed by atoms with Gasteiger partial charge in [0.2, 0.25) is 11.8 Å². The van der Waals surface area contributed by atoms with Crippen LogP contribution < -0.4 is 9.47 Å². The molecule has 7 nitrogen and oxygen atoms in total. The predicted molar refractivity (Wildman–Crippen MR) is 93.2 cm³/mol. The average molecular weight is 344 g/mol. The van der Waals surface area contributed by atoms with Crippen molar-refractivity contribution < 1.29 is 14.3 Å². The van der Waals surface area contributed by atoms with Gasteiger partial charge in [0, 0.05) is 31.0 Å². The van der Waals surface area contributed by atoms with E-state index in [1.807, 2.05) is 18.0 Å². The molecule has 0 N–H and O–H groups in total. The summed E-state index contributed by atoms with van der Waals surface area (Å²) in [6, 6.07) is 3.64. The van der Waals surface area contributed by atoms with Crippen LogP contribution in [0.15, 0.2) is 18.3 Å². The summed E-state index contributed by atoms with van der Waals surface area (Å²) in [6.45, 7) is 5.45. The largest absolute Gasteiger partial charge is 0.481 e. The van der Waals surface area contributed by atoms with Gasteiger partial charge < -0.3 is 18.9 Å². The number of pyridine rings is 1. The number of aryl methyl sites for hydroxylation is 2. The van der Waals surface area contributed by atoms with Crippen molar-refractivity contribution in [1.82, 2.24) is 19.4 Å². The van der Waals surface area contributed by atoms with Gasteiger partial charge in [0.05, 0.1) is 20.3 Å². The number of rotatable bonds is 4. The van der Waals surface area contributed by atoms with Gasteiger partial charge >= 0.3 is 0 Å². The van der Waals surface area contributed by atoms with Crippen LogP contribution in [0, 0.1) is 13.8 Å². The highest BCUT2D eigenvalue weighted by molar-refractivity contribution is 5.96. The second-order valence-electron chi connectivity index (χ2n) is 6.27. The monoisotopic (exact) mass is 344 g/mol. The van der Waals surface area contributed by atoms with Crippen molar-refractivity contribution in [2.24, 2.45) is 0 Å². The predicted octanol–water partition coefficient (Wildman–Crippen LogP) is 2.39. The average Bonchev–Trinajstić information content (AvgIpc) is 2.99. The fourth-order valence-electron chi connectivity index (χ4n) is 3.49. The van der Waals surface area contributed by atoms with Gasteiger partial charge in [0.1, 0.15) is 11.4 Å². The molecule has 0 bridgehead atoms.